The fourth-order valence-corrected chi connectivity index (χ4v) is 3.87. The van der Waals surface area contributed by atoms with Crippen LogP contribution in [0.1, 0.15) is 63.6 Å². The Hall–Kier alpha value is -1.36. The molecule has 1 atom stereocenters. The van der Waals surface area contributed by atoms with Crippen LogP contribution in [0.5, 0.6) is 0 Å². The largest absolute Gasteiger partial charge is 0.342 e. The Bertz CT molecular complexity index is 576. The molecule has 0 spiro atoms. The standard InChI is InChI=1S/C20H34N4O/c1-20(9-10-20)8-7-18(25)24-13-4-6-17(16-24)19-21-11-15-23(19)14-5-12-22(2)3/h11,15,17H,4-10,12-14,16H2,1-3H3. The number of nitrogens with zero attached hydrogens (tertiary/aromatic N) is 4. The molecule has 2 fully saturated rings. The number of hydrogen-bond donors (Lipinski definition) is 0. The molecule has 5 heteroatoms. The molecule has 1 amide bonds. The van der Waals surface area contributed by atoms with E-state index in [9.17, 15) is 4.79 Å². The summed E-state index contributed by atoms with van der Waals surface area (Å²) in [6.07, 6.45) is 11.8. The van der Waals surface area contributed by atoms with Gasteiger partial charge in [-0.25, -0.2) is 4.98 Å². The van der Waals surface area contributed by atoms with E-state index in [1.165, 1.54) is 18.7 Å². The van der Waals surface area contributed by atoms with Gasteiger partial charge in [0.25, 0.3) is 0 Å². The molecule has 0 aromatic carbocycles. The first-order valence-electron chi connectivity index (χ1n) is 9.90. The molecule has 0 radical (unpaired) electrons. The van der Waals surface area contributed by atoms with Gasteiger partial charge in [-0.3, -0.25) is 4.79 Å². The van der Waals surface area contributed by atoms with Gasteiger partial charge in [-0.1, -0.05) is 6.92 Å². The van der Waals surface area contributed by atoms with Crippen LogP contribution in [-0.4, -0.2) is 59.0 Å². The average molecular weight is 347 g/mol. The van der Waals surface area contributed by atoms with Crippen molar-refractivity contribution in [2.45, 2.75) is 64.3 Å². The summed E-state index contributed by atoms with van der Waals surface area (Å²) in [4.78, 5) is 21.6. The molecule has 1 aromatic rings. The molecule has 2 heterocycles. The number of carbonyl (C=O) groups is 1. The van der Waals surface area contributed by atoms with Gasteiger partial charge in [0, 0.05) is 44.4 Å². The maximum Gasteiger partial charge on any atom is 0.222 e. The van der Waals surface area contributed by atoms with Crippen LogP contribution in [0.25, 0.3) is 0 Å². The van der Waals surface area contributed by atoms with Crippen LogP contribution < -0.4 is 0 Å². The fraction of sp³-hybridized carbons (Fsp3) is 0.800. The van der Waals surface area contributed by atoms with Crippen LogP contribution >= 0.6 is 0 Å². The number of likely N-dealkylation sites (tertiary alicyclic amines) is 1. The molecule has 140 valence electrons. The smallest absolute Gasteiger partial charge is 0.222 e. The molecular weight excluding hydrogens is 312 g/mol. The molecular formula is C20H34N4O. The van der Waals surface area contributed by atoms with E-state index in [0.29, 0.717) is 17.2 Å². The number of imidazole rings is 1. The minimum Gasteiger partial charge on any atom is -0.342 e. The summed E-state index contributed by atoms with van der Waals surface area (Å²) >= 11 is 0. The van der Waals surface area contributed by atoms with Gasteiger partial charge in [-0.2, -0.15) is 0 Å². The Morgan fingerprint density at radius 3 is 2.92 bits per heavy atom. The predicted octanol–water partition coefficient (Wildman–Crippen LogP) is 3.12. The molecule has 1 aliphatic heterocycles. The Kier molecular flexibility index (Phi) is 5.82. The Labute approximate surface area is 152 Å². The Balaban J connectivity index is 1.54. The predicted molar refractivity (Wildman–Crippen MR) is 101 cm³/mol. The van der Waals surface area contributed by atoms with E-state index < -0.39 is 0 Å². The van der Waals surface area contributed by atoms with Crippen LogP contribution in [0.15, 0.2) is 12.4 Å². The van der Waals surface area contributed by atoms with Gasteiger partial charge in [0.1, 0.15) is 5.82 Å². The molecule has 1 unspecified atom stereocenters. The topological polar surface area (TPSA) is 41.4 Å². The highest BCUT2D eigenvalue weighted by atomic mass is 16.2. The molecule has 0 N–H and O–H groups in total. The van der Waals surface area contributed by atoms with Crippen molar-refractivity contribution < 1.29 is 4.79 Å². The molecule has 1 saturated heterocycles. The Morgan fingerprint density at radius 1 is 1.40 bits per heavy atom. The average Bonchev–Trinajstić information content (AvgIpc) is 3.15. The van der Waals surface area contributed by atoms with Crippen molar-refractivity contribution in [3.8, 4) is 0 Å². The minimum absolute atomic E-state index is 0.350. The lowest BCUT2D eigenvalue weighted by atomic mass is 9.96. The van der Waals surface area contributed by atoms with Crippen LogP contribution in [0.3, 0.4) is 0 Å². The van der Waals surface area contributed by atoms with Crippen LogP contribution in [0.2, 0.25) is 0 Å². The maximum absolute atomic E-state index is 12.6. The van der Waals surface area contributed by atoms with Crippen molar-refractivity contribution in [2.75, 3.05) is 33.7 Å². The molecule has 3 rings (SSSR count). The zero-order valence-electron chi connectivity index (χ0n) is 16.2. The second-order valence-electron chi connectivity index (χ2n) is 8.63. The van der Waals surface area contributed by atoms with Crippen molar-refractivity contribution in [2.24, 2.45) is 5.41 Å². The first-order valence-corrected chi connectivity index (χ1v) is 9.90. The van der Waals surface area contributed by atoms with Gasteiger partial charge in [-0.05, 0) is 64.6 Å². The number of aromatic nitrogens is 2. The number of amides is 1. The third-order valence-corrected chi connectivity index (χ3v) is 5.94. The zero-order valence-corrected chi connectivity index (χ0v) is 16.2. The summed E-state index contributed by atoms with van der Waals surface area (Å²) < 4.78 is 2.30. The third-order valence-electron chi connectivity index (χ3n) is 5.94. The second-order valence-corrected chi connectivity index (χ2v) is 8.63. The van der Waals surface area contributed by atoms with Gasteiger partial charge in [-0.15, -0.1) is 0 Å². The van der Waals surface area contributed by atoms with Crippen LogP contribution in [0, 0.1) is 5.41 Å². The van der Waals surface area contributed by atoms with E-state index in [-0.39, 0.29) is 0 Å². The highest BCUT2D eigenvalue weighted by Crippen LogP contribution is 2.49. The summed E-state index contributed by atoms with van der Waals surface area (Å²) in [5, 5.41) is 0. The first kappa shape index (κ1) is 18.4. The van der Waals surface area contributed by atoms with Crippen molar-refractivity contribution in [1.29, 1.82) is 0 Å². The number of rotatable bonds is 8. The number of carbonyl (C=O) groups excluding carboxylic acids is 1. The lowest BCUT2D eigenvalue weighted by Crippen LogP contribution is -2.39. The highest BCUT2D eigenvalue weighted by molar-refractivity contribution is 5.76. The van der Waals surface area contributed by atoms with E-state index in [0.717, 1.165) is 58.3 Å². The highest BCUT2D eigenvalue weighted by Gasteiger charge is 2.37. The van der Waals surface area contributed by atoms with E-state index in [4.69, 9.17) is 0 Å². The summed E-state index contributed by atoms with van der Waals surface area (Å²) in [6.45, 7) is 6.18. The van der Waals surface area contributed by atoms with Gasteiger partial charge in [0.05, 0.1) is 0 Å². The maximum atomic E-state index is 12.6. The van der Waals surface area contributed by atoms with Crippen molar-refractivity contribution in [3.63, 3.8) is 0 Å². The molecule has 1 aliphatic carbocycles. The van der Waals surface area contributed by atoms with Crippen molar-refractivity contribution in [3.05, 3.63) is 18.2 Å². The van der Waals surface area contributed by atoms with Gasteiger partial charge in [0.15, 0.2) is 0 Å². The second kappa shape index (κ2) is 7.90. The van der Waals surface area contributed by atoms with E-state index in [1.54, 1.807) is 0 Å². The van der Waals surface area contributed by atoms with Crippen molar-refractivity contribution >= 4 is 5.91 Å². The van der Waals surface area contributed by atoms with Crippen LogP contribution in [0.4, 0.5) is 0 Å². The number of aryl methyl sites for hydroxylation is 1. The summed E-state index contributed by atoms with van der Waals surface area (Å²) in [5.41, 5.74) is 0.466. The van der Waals surface area contributed by atoms with E-state index in [1.807, 2.05) is 6.20 Å². The SMILES string of the molecule is CN(C)CCCn1ccnc1C1CCCN(C(=O)CCC2(C)CC2)C1. The molecule has 0 bridgehead atoms. The fourth-order valence-electron chi connectivity index (χ4n) is 3.87. The van der Waals surface area contributed by atoms with E-state index in [2.05, 4.69) is 46.6 Å². The Morgan fingerprint density at radius 2 is 2.20 bits per heavy atom. The summed E-state index contributed by atoms with van der Waals surface area (Å²) in [7, 11) is 4.23. The molecule has 25 heavy (non-hydrogen) atoms. The quantitative estimate of drug-likeness (QED) is 0.726. The van der Waals surface area contributed by atoms with Crippen LogP contribution in [-0.2, 0) is 11.3 Å². The zero-order chi connectivity index (χ0) is 17.9. The van der Waals surface area contributed by atoms with Gasteiger partial charge < -0.3 is 14.4 Å². The van der Waals surface area contributed by atoms with E-state index >= 15 is 0 Å². The third kappa shape index (κ3) is 5.06. The summed E-state index contributed by atoms with van der Waals surface area (Å²) in [6, 6.07) is 0. The lowest BCUT2D eigenvalue weighted by Gasteiger charge is -2.33. The van der Waals surface area contributed by atoms with Crippen molar-refractivity contribution in [1.82, 2.24) is 19.4 Å². The van der Waals surface area contributed by atoms with Gasteiger partial charge >= 0.3 is 0 Å². The first-order chi connectivity index (χ1) is 12.0. The lowest BCUT2D eigenvalue weighted by molar-refractivity contribution is -0.132. The molecule has 5 nitrogen and oxygen atoms in total. The van der Waals surface area contributed by atoms with Gasteiger partial charge in [0.2, 0.25) is 5.91 Å². The molecule has 1 saturated carbocycles. The number of hydrogen-bond acceptors (Lipinski definition) is 3. The number of piperidine rings is 1. The summed E-state index contributed by atoms with van der Waals surface area (Å²) in [5.74, 6) is 1.91. The monoisotopic (exact) mass is 346 g/mol. The minimum atomic E-state index is 0.350. The molecule has 1 aromatic heterocycles. The normalized spacial score (nSPS) is 22.4. The molecule has 2 aliphatic rings.